The van der Waals surface area contributed by atoms with E-state index in [1.807, 2.05) is 6.92 Å². The first kappa shape index (κ1) is 21.6. The molecule has 0 aliphatic carbocycles. The Labute approximate surface area is 170 Å². The van der Waals surface area contributed by atoms with Crippen molar-refractivity contribution in [2.24, 2.45) is 0 Å². The molecule has 0 amide bonds. The normalized spacial score (nSPS) is 14.5. The van der Waals surface area contributed by atoms with Crippen molar-refractivity contribution in [1.82, 2.24) is 9.80 Å². The number of allylic oxidation sites excluding steroid dienone is 3. The zero-order valence-corrected chi connectivity index (χ0v) is 18.2. The van der Waals surface area contributed by atoms with E-state index in [0.29, 0.717) is 0 Å². The molecule has 0 bridgehead atoms. The van der Waals surface area contributed by atoms with Crippen LogP contribution >= 0.6 is 11.8 Å². The van der Waals surface area contributed by atoms with Crippen LogP contribution in [0.1, 0.15) is 46.1 Å². The van der Waals surface area contributed by atoms with Crippen LogP contribution < -0.4 is 0 Å². The quantitative estimate of drug-likeness (QED) is 0.351. The molecule has 1 aromatic rings. The van der Waals surface area contributed by atoms with Gasteiger partial charge in [-0.2, -0.15) is 0 Å². The molecule has 0 N–H and O–H groups in total. The molecule has 0 spiro atoms. The molecule has 0 aromatic heterocycles. The minimum absolute atomic E-state index is 0.776. The molecule has 0 saturated carbocycles. The fraction of sp³-hybridized carbons (Fsp3) is 0.417. The molecule has 0 radical (unpaired) electrons. The fourth-order valence-electron chi connectivity index (χ4n) is 3.60. The summed E-state index contributed by atoms with van der Waals surface area (Å²) in [5.41, 5.74) is 4.94. The van der Waals surface area contributed by atoms with Crippen molar-refractivity contribution in [1.29, 1.82) is 0 Å². The third kappa shape index (κ3) is 6.75. The van der Waals surface area contributed by atoms with Crippen LogP contribution in [0.15, 0.2) is 76.3 Å². The van der Waals surface area contributed by atoms with Crippen LogP contribution in [0.4, 0.5) is 0 Å². The first-order chi connectivity index (χ1) is 12.9. The highest BCUT2D eigenvalue weighted by Crippen LogP contribution is 2.29. The predicted octanol–water partition coefficient (Wildman–Crippen LogP) is 6.59. The van der Waals surface area contributed by atoms with Crippen molar-refractivity contribution in [3.8, 4) is 0 Å². The van der Waals surface area contributed by atoms with Crippen LogP contribution in [0.5, 0.6) is 0 Å². The molecule has 0 atom stereocenters. The van der Waals surface area contributed by atoms with Crippen molar-refractivity contribution in [2.45, 2.75) is 52.0 Å². The molecule has 1 fully saturated rings. The highest BCUT2D eigenvalue weighted by atomic mass is 32.2. The van der Waals surface area contributed by atoms with Gasteiger partial charge in [0, 0.05) is 28.2 Å². The topological polar surface area (TPSA) is 6.48 Å². The Bertz CT molecular complexity index is 702. The lowest BCUT2D eigenvalue weighted by atomic mass is 10.1. The first-order valence-corrected chi connectivity index (χ1v) is 10.6. The Balaban J connectivity index is 1.98. The maximum atomic E-state index is 4.31. The second kappa shape index (κ2) is 10.6. The Morgan fingerprint density at radius 2 is 1.74 bits per heavy atom. The molecule has 2 nitrogen and oxygen atoms in total. The molecule has 1 saturated heterocycles. The number of hydrogen-bond donors (Lipinski definition) is 0. The summed E-state index contributed by atoms with van der Waals surface area (Å²) in [6.07, 6.45) is 6.86. The lowest BCUT2D eigenvalue weighted by molar-refractivity contribution is 0.331. The lowest BCUT2D eigenvalue weighted by Crippen LogP contribution is -2.20. The minimum atomic E-state index is 0.776. The average Bonchev–Trinajstić information content (AvgIpc) is 3.09. The largest absolute Gasteiger partial charge is 0.343 e. The Kier molecular flexibility index (Phi) is 8.46. The monoisotopic (exact) mass is 382 g/mol. The van der Waals surface area contributed by atoms with E-state index >= 15 is 0 Å². The summed E-state index contributed by atoms with van der Waals surface area (Å²) in [7, 11) is 0. The Morgan fingerprint density at radius 1 is 1.11 bits per heavy atom. The summed E-state index contributed by atoms with van der Waals surface area (Å²) < 4.78 is 0. The van der Waals surface area contributed by atoms with Crippen LogP contribution in [-0.4, -0.2) is 29.4 Å². The van der Waals surface area contributed by atoms with Crippen LogP contribution in [0.3, 0.4) is 0 Å². The number of thioether (sulfide) groups is 1. The number of nitrogens with zero attached hydrogens (tertiary/aromatic N) is 2. The van der Waals surface area contributed by atoms with Gasteiger partial charge in [0.25, 0.3) is 0 Å². The van der Waals surface area contributed by atoms with Gasteiger partial charge in [-0.3, -0.25) is 4.90 Å². The van der Waals surface area contributed by atoms with E-state index in [1.54, 1.807) is 11.8 Å². The molecule has 0 unspecified atom stereocenters. The first-order valence-electron chi connectivity index (χ1n) is 9.80. The molecule has 27 heavy (non-hydrogen) atoms. The van der Waals surface area contributed by atoms with Gasteiger partial charge in [0.1, 0.15) is 0 Å². The standard InChI is InChI=1S/C24H34N2S/c1-7-14-26(24(19(2)3)20(4)5)17-21(6)27-23-12-10-22(11-13-23)18-25-15-8-9-16-25/h7,10-14H,2,6,8-9,15-18H2,1,3-5H3/b14-7+. The summed E-state index contributed by atoms with van der Waals surface area (Å²) in [5.74, 6) is 0. The maximum Gasteiger partial charge on any atom is 0.0532 e. The maximum absolute atomic E-state index is 4.31. The summed E-state index contributed by atoms with van der Waals surface area (Å²) >= 11 is 1.75. The summed E-state index contributed by atoms with van der Waals surface area (Å²) in [6.45, 7) is 21.2. The van der Waals surface area contributed by atoms with Gasteiger partial charge in [0.15, 0.2) is 0 Å². The lowest BCUT2D eigenvalue weighted by Gasteiger charge is -2.26. The molecule has 3 heteroatoms. The molecule has 1 heterocycles. The van der Waals surface area contributed by atoms with E-state index in [0.717, 1.165) is 23.6 Å². The zero-order valence-electron chi connectivity index (χ0n) is 17.4. The molecular formula is C24H34N2S. The van der Waals surface area contributed by atoms with Gasteiger partial charge in [-0.25, -0.2) is 0 Å². The van der Waals surface area contributed by atoms with E-state index < -0.39 is 0 Å². The second-order valence-electron chi connectivity index (χ2n) is 7.51. The SMILES string of the molecule is C=C(CN(/C=C/C)C(C(=C)C)=C(C)C)Sc1ccc(CN2CCCC2)cc1. The third-order valence-electron chi connectivity index (χ3n) is 4.63. The smallest absolute Gasteiger partial charge is 0.0532 e. The molecular weight excluding hydrogens is 348 g/mol. The van der Waals surface area contributed by atoms with E-state index in [2.05, 4.69) is 80.3 Å². The average molecular weight is 383 g/mol. The van der Waals surface area contributed by atoms with Gasteiger partial charge in [0.05, 0.1) is 6.54 Å². The number of benzene rings is 1. The molecule has 1 aromatic carbocycles. The Hall–Kier alpha value is -1.71. The molecule has 1 aliphatic heterocycles. The van der Waals surface area contributed by atoms with E-state index in [4.69, 9.17) is 0 Å². The van der Waals surface area contributed by atoms with Crippen molar-refractivity contribution in [3.05, 3.63) is 77.0 Å². The third-order valence-corrected chi connectivity index (χ3v) is 5.56. The second-order valence-corrected chi connectivity index (χ2v) is 8.76. The van der Waals surface area contributed by atoms with Gasteiger partial charge >= 0.3 is 0 Å². The highest BCUT2D eigenvalue weighted by molar-refractivity contribution is 8.03. The highest BCUT2D eigenvalue weighted by Gasteiger charge is 2.13. The minimum Gasteiger partial charge on any atom is -0.343 e. The van der Waals surface area contributed by atoms with Crippen LogP contribution in [0.25, 0.3) is 0 Å². The molecule has 146 valence electrons. The molecule has 2 rings (SSSR count). The zero-order chi connectivity index (χ0) is 19.8. The Morgan fingerprint density at radius 3 is 2.26 bits per heavy atom. The van der Waals surface area contributed by atoms with E-state index in [9.17, 15) is 0 Å². The molecule has 1 aliphatic rings. The van der Waals surface area contributed by atoms with Gasteiger partial charge in [-0.1, -0.05) is 48.7 Å². The summed E-state index contributed by atoms with van der Waals surface area (Å²) in [4.78, 5) is 7.16. The summed E-state index contributed by atoms with van der Waals surface area (Å²) in [6, 6.07) is 8.96. The van der Waals surface area contributed by atoms with Crippen LogP contribution in [0.2, 0.25) is 0 Å². The van der Waals surface area contributed by atoms with Crippen LogP contribution in [0, 0.1) is 0 Å². The predicted molar refractivity (Wildman–Crippen MR) is 121 cm³/mol. The van der Waals surface area contributed by atoms with Crippen molar-refractivity contribution in [3.63, 3.8) is 0 Å². The van der Waals surface area contributed by atoms with Gasteiger partial charge in [-0.15, -0.1) is 0 Å². The van der Waals surface area contributed by atoms with E-state index in [1.165, 1.54) is 47.7 Å². The summed E-state index contributed by atoms with van der Waals surface area (Å²) in [5, 5.41) is 0. The van der Waals surface area contributed by atoms with Gasteiger partial charge in [-0.05, 0) is 76.9 Å². The number of rotatable bonds is 9. The van der Waals surface area contributed by atoms with E-state index in [-0.39, 0.29) is 0 Å². The fourth-order valence-corrected chi connectivity index (χ4v) is 4.41. The number of likely N-dealkylation sites (tertiary alicyclic amines) is 1. The van der Waals surface area contributed by atoms with Crippen molar-refractivity contribution >= 4 is 11.8 Å². The van der Waals surface area contributed by atoms with Crippen LogP contribution in [-0.2, 0) is 6.54 Å². The van der Waals surface area contributed by atoms with Gasteiger partial charge < -0.3 is 4.90 Å². The number of hydrogen-bond acceptors (Lipinski definition) is 3. The van der Waals surface area contributed by atoms with Crippen molar-refractivity contribution < 1.29 is 0 Å². The van der Waals surface area contributed by atoms with Crippen molar-refractivity contribution in [2.75, 3.05) is 19.6 Å². The van der Waals surface area contributed by atoms with Gasteiger partial charge in [0.2, 0.25) is 0 Å².